The Morgan fingerprint density at radius 2 is 2.21 bits per heavy atom. The first-order chi connectivity index (χ1) is 6.49. The first-order valence-corrected chi connectivity index (χ1v) is 5.32. The van der Waals surface area contributed by atoms with E-state index in [0.717, 1.165) is 12.8 Å². The zero-order valence-electron chi connectivity index (χ0n) is 9.63. The highest BCUT2D eigenvalue weighted by Crippen LogP contribution is 2.41. The molecule has 0 aromatic carbocycles. The maximum absolute atomic E-state index is 11.9. The third-order valence-electron chi connectivity index (χ3n) is 3.11. The van der Waals surface area contributed by atoms with E-state index in [4.69, 9.17) is 0 Å². The third kappa shape index (κ3) is 2.14. The molecule has 0 fully saturated rings. The number of hydrogen-bond acceptors (Lipinski definition) is 1. The highest BCUT2D eigenvalue weighted by atomic mass is 16.1. The molecule has 1 heteroatoms. The predicted molar refractivity (Wildman–Crippen MR) is 60.1 cm³/mol. The summed E-state index contributed by atoms with van der Waals surface area (Å²) in [6.07, 6.45) is 7.96. The van der Waals surface area contributed by atoms with Crippen LogP contribution in [0.2, 0.25) is 0 Å². The summed E-state index contributed by atoms with van der Waals surface area (Å²) in [5.41, 5.74) is 1.36. The van der Waals surface area contributed by atoms with Crippen LogP contribution in [0.5, 0.6) is 0 Å². The van der Waals surface area contributed by atoms with Gasteiger partial charge in [-0.1, -0.05) is 31.6 Å². The van der Waals surface area contributed by atoms with Crippen molar-refractivity contribution in [3.05, 3.63) is 23.8 Å². The first kappa shape index (κ1) is 11.2. The minimum Gasteiger partial charge on any atom is -0.294 e. The molecule has 1 rings (SSSR count). The van der Waals surface area contributed by atoms with E-state index in [-0.39, 0.29) is 17.1 Å². The summed E-state index contributed by atoms with van der Waals surface area (Å²) in [4.78, 5) is 11.9. The Kier molecular flexibility index (Phi) is 3.30. The van der Waals surface area contributed by atoms with E-state index in [1.54, 1.807) is 6.08 Å². The third-order valence-corrected chi connectivity index (χ3v) is 3.11. The largest absolute Gasteiger partial charge is 0.294 e. The molecule has 0 unspecified atom stereocenters. The van der Waals surface area contributed by atoms with Gasteiger partial charge < -0.3 is 0 Å². The predicted octanol–water partition coefficient (Wildman–Crippen LogP) is 3.51. The summed E-state index contributed by atoms with van der Waals surface area (Å²) >= 11 is 0. The average molecular weight is 192 g/mol. The van der Waals surface area contributed by atoms with Gasteiger partial charge in [-0.2, -0.15) is 0 Å². The van der Waals surface area contributed by atoms with Gasteiger partial charge in [-0.3, -0.25) is 4.79 Å². The van der Waals surface area contributed by atoms with E-state index in [1.165, 1.54) is 5.57 Å². The second-order valence-electron chi connectivity index (χ2n) is 4.81. The van der Waals surface area contributed by atoms with Gasteiger partial charge in [0, 0.05) is 5.92 Å². The molecule has 0 aromatic heterocycles. The van der Waals surface area contributed by atoms with Gasteiger partial charge in [0.15, 0.2) is 5.78 Å². The Bertz CT molecular complexity index is 282. The molecule has 1 atom stereocenters. The van der Waals surface area contributed by atoms with Crippen LogP contribution in [0, 0.1) is 11.3 Å². The molecule has 0 bridgehead atoms. The molecule has 78 valence electrons. The van der Waals surface area contributed by atoms with Crippen LogP contribution in [0.15, 0.2) is 23.8 Å². The van der Waals surface area contributed by atoms with Crippen LogP contribution in [0.3, 0.4) is 0 Å². The quantitative estimate of drug-likeness (QED) is 0.483. The summed E-state index contributed by atoms with van der Waals surface area (Å²) in [5.74, 6) is 0.346. The lowest BCUT2D eigenvalue weighted by atomic mass is 9.67. The zero-order valence-corrected chi connectivity index (χ0v) is 9.63. The van der Waals surface area contributed by atoms with Crippen molar-refractivity contribution in [1.82, 2.24) is 0 Å². The molecule has 1 aliphatic carbocycles. The number of rotatable bonds is 2. The van der Waals surface area contributed by atoms with Gasteiger partial charge >= 0.3 is 0 Å². The van der Waals surface area contributed by atoms with Crippen molar-refractivity contribution in [3.8, 4) is 0 Å². The van der Waals surface area contributed by atoms with Gasteiger partial charge in [-0.25, -0.2) is 0 Å². The molecule has 0 spiro atoms. The molecule has 0 amide bonds. The minimum atomic E-state index is 0.0902. The highest BCUT2D eigenvalue weighted by Gasteiger charge is 2.36. The fourth-order valence-corrected chi connectivity index (χ4v) is 2.42. The van der Waals surface area contributed by atoms with Crippen molar-refractivity contribution >= 4 is 5.78 Å². The Labute approximate surface area is 86.9 Å². The van der Waals surface area contributed by atoms with Crippen molar-refractivity contribution in [2.75, 3.05) is 0 Å². The van der Waals surface area contributed by atoms with E-state index >= 15 is 0 Å². The van der Waals surface area contributed by atoms with Crippen LogP contribution in [-0.4, -0.2) is 5.78 Å². The number of hydrogen-bond donors (Lipinski definition) is 0. The van der Waals surface area contributed by atoms with Crippen LogP contribution in [0.1, 0.15) is 40.5 Å². The van der Waals surface area contributed by atoms with E-state index in [2.05, 4.69) is 26.8 Å². The van der Waals surface area contributed by atoms with Crippen molar-refractivity contribution < 1.29 is 4.79 Å². The van der Waals surface area contributed by atoms with Crippen LogP contribution in [-0.2, 0) is 4.79 Å². The van der Waals surface area contributed by atoms with Crippen LogP contribution in [0.4, 0.5) is 0 Å². The summed E-state index contributed by atoms with van der Waals surface area (Å²) in [6.45, 7) is 8.35. The summed E-state index contributed by atoms with van der Waals surface area (Å²) < 4.78 is 0. The zero-order chi connectivity index (χ0) is 10.8. The topological polar surface area (TPSA) is 17.1 Å². The second-order valence-corrected chi connectivity index (χ2v) is 4.81. The van der Waals surface area contributed by atoms with E-state index in [1.807, 2.05) is 13.0 Å². The lowest BCUT2D eigenvalue weighted by Crippen LogP contribution is -2.33. The summed E-state index contributed by atoms with van der Waals surface area (Å²) in [7, 11) is 0. The molecule has 1 nitrogen and oxygen atoms in total. The Balaban J connectivity index is 2.97. The number of ketones is 1. The van der Waals surface area contributed by atoms with Gasteiger partial charge in [0.2, 0.25) is 0 Å². The van der Waals surface area contributed by atoms with E-state index in [0.29, 0.717) is 0 Å². The maximum Gasteiger partial charge on any atom is 0.162 e. The smallest absolute Gasteiger partial charge is 0.162 e. The Hall–Kier alpha value is -0.850. The fraction of sp³-hybridized carbons (Fsp3) is 0.615. The van der Waals surface area contributed by atoms with Gasteiger partial charge in [0.05, 0.1) is 0 Å². The van der Waals surface area contributed by atoms with Crippen LogP contribution in [0.25, 0.3) is 0 Å². The summed E-state index contributed by atoms with van der Waals surface area (Å²) in [6, 6.07) is 0. The van der Waals surface area contributed by atoms with Crippen molar-refractivity contribution in [2.24, 2.45) is 11.3 Å². The highest BCUT2D eigenvalue weighted by molar-refractivity contribution is 5.94. The second kappa shape index (κ2) is 4.12. The van der Waals surface area contributed by atoms with Crippen LogP contribution < -0.4 is 0 Å². The minimum absolute atomic E-state index is 0.0902. The maximum atomic E-state index is 11.9. The first-order valence-electron chi connectivity index (χ1n) is 5.32. The molecule has 0 aromatic rings. The molecule has 0 N–H and O–H groups in total. The van der Waals surface area contributed by atoms with E-state index < -0.39 is 0 Å². The lowest BCUT2D eigenvalue weighted by Gasteiger charge is -2.36. The van der Waals surface area contributed by atoms with E-state index in [9.17, 15) is 4.79 Å². The van der Waals surface area contributed by atoms with Gasteiger partial charge in [0.25, 0.3) is 0 Å². The molecule has 0 saturated carbocycles. The normalized spacial score (nSPS) is 26.3. The monoisotopic (exact) mass is 192 g/mol. The Morgan fingerprint density at radius 1 is 1.57 bits per heavy atom. The van der Waals surface area contributed by atoms with Crippen LogP contribution >= 0.6 is 0 Å². The fourth-order valence-electron chi connectivity index (χ4n) is 2.42. The van der Waals surface area contributed by atoms with Gasteiger partial charge in [0.1, 0.15) is 0 Å². The molecular formula is C13H20O. The Morgan fingerprint density at radius 3 is 2.71 bits per heavy atom. The van der Waals surface area contributed by atoms with Crippen molar-refractivity contribution in [1.29, 1.82) is 0 Å². The molecule has 1 aliphatic rings. The molecular weight excluding hydrogens is 172 g/mol. The average Bonchev–Trinajstić information content (AvgIpc) is 2.02. The lowest BCUT2D eigenvalue weighted by molar-refractivity contribution is -0.120. The number of allylic oxidation sites excluding steroid dienone is 4. The number of carbonyl (C=O) groups excluding carboxylic acids is 1. The number of carbonyl (C=O) groups is 1. The molecule has 0 radical (unpaired) electrons. The van der Waals surface area contributed by atoms with Gasteiger partial charge in [-0.05, 0) is 38.2 Å². The summed E-state index contributed by atoms with van der Waals surface area (Å²) in [5, 5.41) is 0. The van der Waals surface area contributed by atoms with Crippen molar-refractivity contribution in [3.63, 3.8) is 0 Å². The molecule has 0 aliphatic heterocycles. The van der Waals surface area contributed by atoms with Gasteiger partial charge in [-0.15, -0.1) is 0 Å². The molecule has 14 heavy (non-hydrogen) atoms. The molecule has 0 saturated heterocycles. The molecule has 0 heterocycles. The van der Waals surface area contributed by atoms with Crippen molar-refractivity contribution in [2.45, 2.75) is 40.5 Å². The SMILES string of the molecule is C/C=C/C(=O)[C@@H]1C(C)=CCCC1(C)C. The standard InChI is InChI=1S/C13H20O/c1-5-7-11(14)12-10(2)8-6-9-13(12,3)4/h5,7-8,12H,6,9H2,1-4H3/b7-5+/t12-/m0/s1.